The van der Waals surface area contributed by atoms with Crippen LogP contribution in [0.15, 0.2) is 24.0 Å². The summed E-state index contributed by atoms with van der Waals surface area (Å²) in [6.07, 6.45) is 2.90. The highest BCUT2D eigenvalue weighted by atomic mass is 16.5. The van der Waals surface area contributed by atoms with E-state index in [1.54, 1.807) is 0 Å². The van der Waals surface area contributed by atoms with Gasteiger partial charge in [-0.1, -0.05) is 12.7 Å². The Labute approximate surface area is 49.7 Å². The van der Waals surface area contributed by atoms with Gasteiger partial charge in [0.25, 0.3) is 0 Å². The average molecular weight is 110 g/mol. The Kier molecular flexibility index (Phi) is 1.38. The van der Waals surface area contributed by atoms with Crippen LogP contribution in [-0.4, -0.2) is 6.61 Å². The molecule has 0 N–H and O–H groups in total. The molecule has 0 aromatic carbocycles. The fourth-order valence-electron chi connectivity index (χ4n) is 0.829. The van der Waals surface area contributed by atoms with E-state index >= 15 is 0 Å². The number of hydrogen-bond acceptors (Lipinski definition) is 1. The van der Waals surface area contributed by atoms with Crippen molar-refractivity contribution in [1.29, 1.82) is 0 Å². The molecule has 0 aromatic rings. The number of rotatable bonds is 1. The summed E-state index contributed by atoms with van der Waals surface area (Å²) in [6, 6.07) is 0. The van der Waals surface area contributed by atoms with Gasteiger partial charge in [-0.2, -0.15) is 0 Å². The van der Waals surface area contributed by atoms with Gasteiger partial charge in [-0.05, 0) is 12.5 Å². The van der Waals surface area contributed by atoms with E-state index in [0.717, 1.165) is 18.8 Å². The van der Waals surface area contributed by atoms with Gasteiger partial charge in [0, 0.05) is 6.42 Å². The van der Waals surface area contributed by atoms with E-state index in [1.165, 1.54) is 5.57 Å². The fraction of sp³-hybridized carbons (Fsp3) is 0.429. The van der Waals surface area contributed by atoms with Crippen molar-refractivity contribution >= 4 is 0 Å². The van der Waals surface area contributed by atoms with Crippen molar-refractivity contribution in [3.05, 3.63) is 24.0 Å². The first-order valence-corrected chi connectivity index (χ1v) is 2.79. The van der Waals surface area contributed by atoms with Crippen LogP contribution in [-0.2, 0) is 4.74 Å². The molecule has 44 valence electrons. The molecule has 0 spiro atoms. The van der Waals surface area contributed by atoms with E-state index in [4.69, 9.17) is 4.74 Å². The summed E-state index contributed by atoms with van der Waals surface area (Å²) >= 11 is 0. The summed E-state index contributed by atoms with van der Waals surface area (Å²) in [4.78, 5) is 0. The van der Waals surface area contributed by atoms with Crippen LogP contribution in [0.5, 0.6) is 0 Å². The standard InChI is InChI=1S/C7H10O/c1-3-7-4-5-8-6(7)2/h3H,1,4-5H2,2H3. The average Bonchev–Trinajstić information content (AvgIpc) is 2.14. The van der Waals surface area contributed by atoms with Crippen LogP contribution >= 0.6 is 0 Å². The second kappa shape index (κ2) is 2.03. The van der Waals surface area contributed by atoms with Crippen LogP contribution in [0.25, 0.3) is 0 Å². The number of hydrogen-bond donors (Lipinski definition) is 0. The Morgan fingerprint density at radius 3 is 2.75 bits per heavy atom. The van der Waals surface area contributed by atoms with E-state index in [9.17, 15) is 0 Å². The summed E-state index contributed by atoms with van der Waals surface area (Å²) in [6.45, 7) is 6.47. The molecule has 1 heterocycles. The second-order valence-corrected chi connectivity index (χ2v) is 1.88. The summed E-state index contributed by atoms with van der Waals surface area (Å²) in [5.74, 6) is 1.04. The molecule has 0 saturated heterocycles. The number of ether oxygens (including phenoxy) is 1. The third-order valence-corrected chi connectivity index (χ3v) is 1.39. The van der Waals surface area contributed by atoms with Crippen LogP contribution in [0.4, 0.5) is 0 Å². The SMILES string of the molecule is C=CC1=C(C)OCC1. The third kappa shape index (κ3) is 0.760. The maximum Gasteiger partial charge on any atom is 0.0961 e. The van der Waals surface area contributed by atoms with Gasteiger partial charge >= 0.3 is 0 Å². The maximum absolute atomic E-state index is 5.16. The third-order valence-electron chi connectivity index (χ3n) is 1.39. The predicted molar refractivity (Wildman–Crippen MR) is 33.5 cm³/mol. The van der Waals surface area contributed by atoms with Crippen LogP contribution in [0.2, 0.25) is 0 Å². The molecule has 1 aliphatic rings. The first-order chi connectivity index (χ1) is 3.84. The van der Waals surface area contributed by atoms with E-state index in [1.807, 2.05) is 13.0 Å². The summed E-state index contributed by atoms with van der Waals surface area (Å²) in [5.41, 5.74) is 1.25. The Bertz CT molecular complexity index is 133. The molecule has 0 bridgehead atoms. The van der Waals surface area contributed by atoms with Crippen molar-refractivity contribution in [3.8, 4) is 0 Å². The van der Waals surface area contributed by atoms with E-state index in [2.05, 4.69) is 6.58 Å². The topological polar surface area (TPSA) is 9.23 Å². The first-order valence-electron chi connectivity index (χ1n) is 2.79. The molecule has 0 fully saturated rings. The number of allylic oxidation sites excluding steroid dienone is 2. The summed E-state index contributed by atoms with van der Waals surface area (Å²) < 4.78 is 5.16. The lowest BCUT2D eigenvalue weighted by molar-refractivity contribution is 0.246. The van der Waals surface area contributed by atoms with Crippen molar-refractivity contribution < 1.29 is 4.74 Å². The van der Waals surface area contributed by atoms with Crippen LogP contribution in [0.1, 0.15) is 13.3 Å². The molecule has 0 amide bonds. The Morgan fingerprint density at radius 2 is 2.50 bits per heavy atom. The lowest BCUT2D eigenvalue weighted by Gasteiger charge is -1.91. The molecule has 1 rings (SSSR count). The second-order valence-electron chi connectivity index (χ2n) is 1.88. The van der Waals surface area contributed by atoms with Crippen molar-refractivity contribution in [2.75, 3.05) is 6.61 Å². The summed E-state index contributed by atoms with van der Waals surface area (Å²) in [5, 5.41) is 0. The van der Waals surface area contributed by atoms with Crippen molar-refractivity contribution in [1.82, 2.24) is 0 Å². The molecule has 8 heavy (non-hydrogen) atoms. The largest absolute Gasteiger partial charge is 0.498 e. The van der Waals surface area contributed by atoms with Gasteiger partial charge < -0.3 is 4.74 Å². The van der Waals surface area contributed by atoms with Crippen molar-refractivity contribution in [2.24, 2.45) is 0 Å². The molecule has 1 nitrogen and oxygen atoms in total. The highest BCUT2D eigenvalue weighted by Crippen LogP contribution is 2.18. The minimum Gasteiger partial charge on any atom is -0.498 e. The molecule has 0 atom stereocenters. The zero-order chi connectivity index (χ0) is 5.98. The maximum atomic E-state index is 5.16. The fourth-order valence-corrected chi connectivity index (χ4v) is 0.829. The van der Waals surface area contributed by atoms with Gasteiger partial charge in [0.15, 0.2) is 0 Å². The molecular formula is C7H10O. The Balaban J connectivity index is 2.72. The quantitative estimate of drug-likeness (QED) is 0.500. The van der Waals surface area contributed by atoms with Gasteiger partial charge in [-0.25, -0.2) is 0 Å². The lowest BCUT2D eigenvalue weighted by Crippen LogP contribution is -1.76. The molecule has 0 aliphatic carbocycles. The zero-order valence-corrected chi connectivity index (χ0v) is 5.11. The molecule has 1 aliphatic heterocycles. The summed E-state index contributed by atoms with van der Waals surface area (Å²) in [7, 11) is 0. The van der Waals surface area contributed by atoms with Crippen molar-refractivity contribution in [2.45, 2.75) is 13.3 Å². The Hall–Kier alpha value is -0.720. The van der Waals surface area contributed by atoms with Gasteiger partial charge in [0.2, 0.25) is 0 Å². The van der Waals surface area contributed by atoms with E-state index in [0.29, 0.717) is 0 Å². The van der Waals surface area contributed by atoms with Crippen LogP contribution < -0.4 is 0 Å². The van der Waals surface area contributed by atoms with E-state index in [-0.39, 0.29) is 0 Å². The molecule has 1 heteroatoms. The monoisotopic (exact) mass is 110 g/mol. The van der Waals surface area contributed by atoms with E-state index < -0.39 is 0 Å². The highest BCUT2D eigenvalue weighted by molar-refractivity contribution is 5.21. The van der Waals surface area contributed by atoms with Crippen LogP contribution in [0, 0.1) is 0 Å². The lowest BCUT2D eigenvalue weighted by atomic mass is 10.2. The normalized spacial score (nSPS) is 18.6. The molecule has 0 saturated carbocycles. The minimum atomic E-state index is 0.840. The molecule has 0 aromatic heterocycles. The van der Waals surface area contributed by atoms with Crippen molar-refractivity contribution in [3.63, 3.8) is 0 Å². The van der Waals surface area contributed by atoms with Gasteiger partial charge in [0.1, 0.15) is 0 Å². The van der Waals surface area contributed by atoms with Gasteiger partial charge in [0.05, 0.1) is 12.4 Å². The van der Waals surface area contributed by atoms with Gasteiger partial charge in [-0.3, -0.25) is 0 Å². The minimum absolute atomic E-state index is 0.840. The molecule has 0 unspecified atom stereocenters. The predicted octanol–water partition coefficient (Wildman–Crippen LogP) is 1.87. The zero-order valence-electron chi connectivity index (χ0n) is 5.11. The Morgan fingerprint density at radius 1 is 1.75 bits per heavy atom. The van der Waals surface area contributed by atoms with Gasteiger partial charge in [-0.15, -0.1) is 0 Å². The molecular weight excluding hydrogens is 100 g/mol. The highest BCUT2D eigenvalue weighted by Gasteiger charge is 2.06. The van der Waals surface area contributed by atoms with Crippen LogP contribution in [0.3, 0.4) is 0 Å². The molecule has 0 radical (unpaired) electrons. The first kappa shape index (κ1) is 5.42. The smallest absolute Gasteiger partial charge is 0.0961 e.